The maximum atomic E-state index is 5.21. The molecule has 0 aliphatic rings. The fourth-order valence-electron chi connectivity index (χ4n) is 2.10. The Morgan fingerprint density at radius 1 is 1.30 bits per heavy atom. The summed E-state index contributed by atoms with van der Waals surface area (Å²) in [7, 11) is 0. The summed E-state index contributed by atoms with van der Waals surface area (Å²) >= 11 is 1.72. The predicted molar refractivity (Wildman–Crippen MR) is 80.8 cm³/mol. The van der Waals surface area contributed by atoms with Gasteiger partial charge in [0.15, 0.2) is 0 Å². The molecule has 5 heteroatoms. The molecule has 0 saturated carbocycles. The van der Waals surface area contributed by atoms with Crippen molar-refractivity contribution in [3.05, 3.63) is 52.5 Å². The van der Waals surface area contributed by atoms with Gasteiger partial charge in [-0.3, -0.25) is 0 Å². The predicted octanol–water partition coefficient (Wildman–Crippen LogP) is 4.28. The van der Waals surface area contributed by atoms with Gasteiger partial charge in [-0.25, -0.2) is 0 Å². The first-order chi connectivity index (χ1) is 9.74. The number of hydrogen-bond acceptors (Lipinski definition) is 5. The van der Waals surface area contributed by atoms with E-state index in [1.54, 1.807) is 11.3 Å². The highest BCUT2D eigenvalue weighted by Crippen LogP contribution is 2.27. The molecule has 3 rings (SSSR count). The van der Waals surface area contributed by atoms with E-state index < -0.39 is 0 Å². The summed E-state index contributed by atoms with van der Waals surface area (Å²) in [5.41, 5.74) is 4.51. The summed E-state index contributed by atoms with van der Waals surface area (Å²) in [6.45, 7) is 4.23. The van der Waals surface area contributed by atoms with Crippen molar-refractivity contribution in [2.75, 3.05) is 5.32 Å². The maximum Gasteiger partial charge on any atom is 0.247 e. The van der Waals surface area contributed by atoms with Gasteiger partial charge in [-0.05, 0) is 60.0 Å². The van der Waals surface area contributed by atoms with E-state index in [1.165, 1.54) is 12.0 Å². The maximum absolute atomic E-state index is 5.21. The van der Waals surface area contributed by atoms with E-state index in [9.17, 15) is 0 Å². The van der Waals surface area contributed by atoms with Crippen LogP contribution in [-0.4, -0.2) is 10.2 Å². The first kappa shape index (κ1) is 12.9. The minimum atomic E-state index is 0.286. The second kappa shape index (κ2) is 5.46. The summed E-state index contributed by atoms with van der Waals surface area (Å²) < 4.78 is 5.21. The number of hydrogen-bond donors (Lipinski definition) is 1. The largest absolute Gasteiger partial charge is 0.423 e. The molecular weight excluding hydrogens is 270 g/mol. The monoisotopic (exact) mass is 285 g/mol. The van der Waals surface area contributed by atoms with Gasteiger partial charge in [0.1, 0.15) is 0 Å². The molecule has 1 unspecified atom stereocenters. The first-order valence-corrected chi connectivity index (χ1v) is 7.34. The second-order valence-corrected chi connectivity index (χ2v) is 5.48. The van der Waals surface area contributed by atoms with Crippen LogP contribution in [0, 0.1) is 6.92 Å². The Kier molecular flexibility index (Phi) is 3.52. The fourth-order valence-corrected chi connectivity index (χ4v) is 2.85. The third-order valence-corrected chi connectivity index (χ3v) is 3.95. The third-order valence-electron chi connectivity index (χ3n) is 3.25. The van der Waals surface area contributed by atoms with Crippen LogP contribution < -0.4 is 5.32 Å². The second-order valence-electron chi connectivity index (χ2n) is 4.70. The van der Waals surface area contributed by atoms with E-state index in [0.717, 1.165) is 16.8 Å². The molecule has 4 nitrogen and oxygen atoms in total. The minimum absolute atomic E-state index is 0.286. The molecule has 3 aromatic rings. The fraction of sp³-hybridized carbons (Fsp3) is 0.200. The van der Waals surface area contributed by atoms with Gasteiger partial charge in [-0.15, -0.1) is 10.2 Å². The molecule has 1 aromatic carbocycles. The van der Waals surface area contributed by atoms with Gasteiger partial charge in [-0.2, -0.15) is 11.3 Å². The van der Waals surface area contributed by atoms with Crippen molar-refractivity contribution in [1.29, 1.82) is 0 Å². The molecule has 20 heavy (non-hydrogen) atoms. The molecule has 0 spiro atoms. The summed E-state index contributed by atoms with van der Waals surface area (Å²) in [5, 5.41) is 15.4. The van der Waals surface area contributed by atoms with Crippen LogP contribution >= 0.6 is 11.3 Å². The zero-order chi connectivity index (χ0) is 13.9. The summed E-state index contributed by atoms with van der Waals surface area (Å²) in [6, 6.07) is 8.52. The standard InChI is InChI=1S/C15H15N3OS/c1-10-7-12(15-18-16-9-19-15)3-4-14(10)17-11(2)13-5-6-20-8-13/h3-9,11,17H,1-2H3. The molecule has 1 atom stereocenters. The van der Waals surface area contributed by atoms with Gasteiger partial charge in [0.2, 0.25) is 12.3 Å². The molecule has 0 bridgehead atoms. The van der Waals surface area contributed by atoms with Gasteiger partial charge >= 0.3 is 0 Å². The lowest BCUT2D eigenvalue weighted by Crippen LogP contribution is -2.06. The average molecular weight is 285 g/mol. The average Bonchev–Trinajstić information content (AvgIpc) is 3.14. The smallest absolute Gasteiger partial charge is 0.247 e. The van der Waals surface area contributed by atoms with Crippen LogP contribution in [0.15, 0.2) is 45.8 Å². The van der Waals surface area contributed by atoms with Crippen molar-refractivity contribution in [1.82, 2.24) is 10.2 Å². The third kappa shape index (κ3) is 2.58. The van der Waals surface area contributed by atoms with Crippen LogP contribution in [0.25, 0.3) is 11.5 Å². The molecule has 0 fully saturated rings. The highest BCUT2D eigenvalue weighted by Gasteiger charge is 2.09. The van der Waals surface area contributed by atoms with Crippen molar-refractivity contribution < 1.29 is 4.42 Å². The Morgan fingerprint density at radius 3 is 2.85 bits per heavy atom. The molecule has 2 heterocycles. The number of aromatic nitrogens is 2. The van der Waals surface area contributed by atoms with Crippen LogP contribution in [0.2, 0.25) is 0 Å². The van der Waals surface area contributed by atoms with Crippen molar-refractivity contribution in [2.45, 2.75) is 19.9 Å². The van der Waals surface area contributed by atoms with Crippen LogP contribution in [-0.2, 0) is 0 Å². The molecule has 0 radical (unpaired) electrons. The van der Waals surface area contributed by atoms with Gasteiger partial charge in [0, 0.05) is 17.3 Å². The molecule has 0 aliphatic carbocycles. The number of nitrogens with one attached hydrogen (secondary N) is 1. The van der Waals surface area contributed by atoms with E-state index in [2.05, 4.69) is 58.3 Å². The van der Waals surface area contributed by atoms with Gasteiger partial charge in [0.25, 0.3) is 0 Å². The molecule has 102 valence electrons. The molecule has 0 amide bonds. The Morgan fingerprint density at radius 2 is 2.20 bits per heavy atom. The Bertz CT molecular complexity index is 677. The van der Waals surface area contributed by atoms with E-state index in [4.69, 9.17) is 4.42 Å². The SMILES string of the molecule is Cc1cc(-c2nnco2)ccc1NC(C)c1ccsc1. The topological polar surface area (TPSA) is 51.0 Å². The number of thiophene rings is 1. The Labute approximate surface area is 121 Å². The van der Waals surface area contributed by atoms with Crippen molar-refractivity contribution in [2.24, 2.45) is 0 Å². The first-order valence-electron chi connectivity index (χ1n) is 6.40. The molecule has 2 aromatic heterocycles. The highest BCUT2D eigenvalue weighted by molar-refractivity contribution is 7.07. The highest BCUT2D eigenvalue weighted by atomic mass is 32.1. The normalized spacial score (nSPS) is 12.3. The molecule has 1 N–H and O–H groups in total. The molecule has 0 saturated heterocycles. The number of aryl methyl sites for hydroxylation is 1. The number of benzene rings is 1. The lowest BCUT2D eigenvalue weighted by molar-refractivity contribution is 0.568. The van der Waals surface area contributed by atoms with E-state index >= 15 is 0 Å². The van der Waals surface area contributed by atoms with Crippen LogP contribution in [0.1, 0.15) is 24.1 Å². The summed E-state index contributed by atoms with van der Waals surface area (Å²) in [6.07, 6.45) is 1.34. The van der Waals surface area contributed by atoms with Gasteiger partial charge < -0.3 is 9.73 Å². The summed E-state index contributed by atoms with van der Waals surface area (Å²) in [4.78, 5) is 0. The van der Waals surface area contributed by atoms with Crippen molar-refractivity contribution in [3.8, 4) is 11.5 Å². The zero-order valence-corrected chi connectivity index (χ0v) is 12.1. The van der Waals surface area contributed by atoms with Gasteiger partial charge in [-0.1, -0.05) is 0 Å². The number of anilines is 1. The van der Waals surface area contributed by atoms with Crippen LogP contribution in [0.4, 0.5) is 5.69 Å². The molecular formula is C15H15N3OS. The van der Waals surface area contributed by atoms with Crippen LogP contribution in [0.3, 0.4) is 0 Å². The number of rotatable bonds is 4. The lowest BCUT2D eigenvalue weighted by atomic mass is 10.1. The Balaban J connectivity index is 1.81. The van der Waals surface area contributed by atoms with E-state index in [1.807, 2.05) is 6.07 Å². The molecule has 0 aliphatic heterocycles. The Hall–Kier alpha value is -2.14. The minimum Gasteiger partial charge on any atom is -0.423 e. The quantitative estimate of drug-likeness (QED) is 0.777. The summed E-state index contributed by atoms with van der Waals surface area (Å²) in [5.74, 6) is 0.547. The van der Waals surface area contributed by atoms with E-state index in [0.29, 0.717) is 5.89 Å². The van der Waals surface area contributed by atoms with Gasteiger partial charge in [0.05, 0.1) is 0 Å². The lowest BCUT2D eigenvalue weighted by Gasteiger charge is -2.16. The van der Waals surface area contributed by atoms with Crippen molar-refractivity contribution >= 4 is 17.0 Å². The number of nitrogens with zero attached hydrogens (tertiary/aromatic N) is 2. The zero-order valence-electron chi connectivity index (χ0n) is 11.3. The van der Waals surface area contributed by atoms with Crippen LogP contribution in [0.5, 0.6) is 0 Å². The van der Waals surface area contributed by atoms with Crippen molar-refractivity contribution in [3.63, 3.8) is 0 Å². The van der Waals surface area contributed by atoms with E-state index in [-0.39, 0.29) is 6.04 Å².